The highest BCUT2D eigenvalue weighted by molar-refractivity contribution is 8.16. The predicted octanol–water partition coefficient (Wildman–Crippen LogP) is 2.88. The van der Waals surface area contributed by atoms with Gasteiger partial charge in [0.2, 0.25) is 5.91 Å². The van der Waals surface area contributed by atoms with E-state index in [4.69, 9.17) is 9.15 Å². The Balaban J connectivity index is 1.76. The van der Waals surface area contributed by atoms with Crippen molar-refractivity contribution in [2.45, 2.75) is 58.0 Å². The molecule has 1 amide bonds. The lowest BCUT2D eigenvalue weighted by Crippen LogP contribution is -2.45. The van der Waals surface area contributed by atoms with E-state index in [1.807, 2.05) is 6.92 Å². The number of hydrogen-bond donors (Lipinski definition) is 1. The standard InChI is InChI=1S/C20H26N2O5S/c1-4-5-15(21-19(25)20(3)11-28-18(22-20)12(2)23)16-8-14(9-17(24)27-16)26-10-13-6-7-13/h8-9,13,15H,4-7,10-11H2,1-3H3,(H,21,25)/t15-,20?/m1/s1. The molecule has 3 rings (SSSR count). The van der Waals surface area contributed by atoms with Crippen molar-refractivity contribution >= 4 is 28.5 Å². The van der Waals surface area contributed by atoms with Gasteiger partial charge in [-0.05, 0) is 32.1 Å². The van der Waals surface area contributed by atoms with Gasteiger partial charge in [-0.25, -0.2) is 4.79 Å². The Kier molecular flexibility index (Phi) is 6.27. The number of rotatable bonds is 9. The minimum absolute atomic E-state index is 0.141. The second kappa shape index (κ2) is 8.51. The van der Waals surface area contributed by atoms with Gasteiger partial charge >= 0.3 is 5.63 Å². The molecule has 152 valence electrons. The van der Waals surface area contributed by atoms with E-state index in [1.165, 1.54) is 24.8 Å². The third-order valence-corrected chi connectivity index (χ3v) is 6.16. The number of ketones is 1. The molecule has 2 atom stereocenters. The molecule has 0 spiro atoms. The van der Waals surface area contributed by atoms with Crippen molar-refractivity contribution in [1.29, 1.82) is 0 Å². The molecule has 1 aliphatic heterocycles. The monoisotopic (exact) mass is 406 g/mol. The number of thioether (sulfide) groups is 1. The summed E-state index contributed by atoms with van der Waals surface area (Å²) in [5, 5.41) is 3.32. The summed E-state index contributed by atoms with van der Waals surface area (Å²) in [7, 11) is 0. The molecule has 1 aliphatic carbocycles. The molecule has 1 aromatic heterocycles. The van der Waals surface area contributed by atoms with Crippen LogP contribution in [0.3, 0.4) is 0 Å². The van der Waals surface area contributed by atoms with Crippen LogP contribution in [-0.4, -0.2) is 34.6 Å². The molecule has 1 N–H and O–H groups in total. The minimum Gasteiger partial charge on any atom is -0.493 e. The Bertz CT molecular complexity index is 845. The Morgan fingerprint density at radius 3 is 2.79 bits per heavy atom. The number of nitrogens with one attached hydrogen (secondary N) is 1. The molecule has 2 heterocycles. The average Bonchev–Trinajstić information content (AvgIpc) is 3.38. The highest BCUT2D eigenvalue weighted by atomic mass is 32.2. The quantitative estimate of drug-likeness (QED) is 0.677. The zero-order chi connectivity index (χ0) is 20.3. The van der Waals surface area contributed by atoms with Gasteiger partial charge in [0.15, 0.2) is 5.78 Å². The number of aliphatic imine (C=N–C) groups is 1. The van der Waals surface area contributed by atoms with Crippen molar-refractivity contribution in [3.8, 4) is 5.75 Å². The average molecular weight is 407 g/mol. The first-order valence-electron chi connectivity index (χ1n) is 9.63. The smallest absolute Gasteiger partial charge is 0.339 e. The maximum Gasteiger partial charge on any atom is 0.339 e. The first-order chi connectivity index (χ1) is 13.3. The molecule has 0 aromatic carbocycles. The van der Waals surface area contributed by atoms with Crippen LogP contribution >= 0.6 is 11.8 Å². The molecule has 7 nitrogen and oxygen atoms in total. The number of Topliss-reactive ketones (excluding diaryl/α,β-unsaturated/α-hetero) is 1. The molecule has 0 saturated heterocycles. The highest BCUT2D eigenvalue weighted by Gasteiger charge is 2.40. The molecule has 1 saturated carbocycles. The molecule has 8 heteroatoms. The van der Waals surface area contributed by atoms with Crippen molar-refractivity contribution in [2.24, 2.45) is 10.9 Å². The molecule has 1 unspecified atom stereocenters. The van der Waals surface area contributed by atoms with Crippen LogP contribution < -0.4 is 15.7 Å². The summed E-state index contributed by atoms with van der Waals surface area (Å²) < 4.78 is 11.1. The maximum absolute atomic E-state index is 12.9. The molecule has 0 bridgehead atoms. The van der Waals surface area contributed by atoms with Crippen LogP contribution in [0.1, 0.15) is 58.3 Å². The number of nitrogens with zero attached hydrogens (tertiary/aromatic N) is 1. The Morgan fingerprint density at radius 2 is 2.18 bits per heavy atom. The summed E-state index contributed by atoms with van der Waals surface area (Å²) in [5.74, 6) is 1.38. The predicted molar refractivity (Wildman–Crippen MR) is 108 cm³/mol. The molecule has 2 aliphatic rings. The fourth-order valence-electron chi connectivity index (χ4n) is 2.91. The van der Waals surface area contributed by atoms with Gasteiger partial charge in [-0.1, -0.05) is 13.3 Å². The van der Waals surface area contributed by atoms with Gasteiger partial charge in [0, 0.05) is 18.7 Å². The van der Waals surface area contributed by atoms with Gasteiger partial charge in [-0.15, -0.1) is 11.8 Å². The first-order valence-corrected chi connectivity index (χ1v) is 10.6. The second-order valence-electron chi connectivity index (χ2n) is 7.62. The molecular formula is C20H26N2O5S. The van der Waals surface area contributed by atoms with E-state index in [0.29, 0.717) is 41.3 Å². The summed E-state index contributed by atoms with van der Waals surface area (Å²) >= 11 is 1.29. The Labute approximate surface area is 168 Å². The van der Waals surface area contributed by atoms with Gasteiger partial charge in [-0.2, -0.15) is 0 Å². The molecule has 28 heavy (non-hydrogen) atoms. The lowest BCUT2D eigenvalue weighted by atomic mass is 10.0. The van der Waals surface area contributed by atoms with E-state index in [9.17, 15) is 14.4 Å². The minimum atomic E-state index is -1.02. The van der Waals surface area contributed by atoms with Crippen LogP contribution in [0.15, 0.2) is 26.3 Å². The summed E-state index contributed by atoms with van der Waals surface area (Å²) in [6.07, 6.45) is 3.70. The number of carbonyl (C=O) groups excluding carboxylic acids is 2. The zero-order valence-electron chi connectivity index (χ0n) is 16.4. The summed E-state index contributed by atoms with van der Waals surface area (Å²) in [6, 6.07) is 2.54. The van der Waals surface area contributed by atoms with Crippen LogP contribution in [0.4, 0.5) is 0 Å². The lowest BCUT2D eigenvalue weighted by molar-refractivity contribution is -0.125. The summed E-state index contributed by atoms with van der Waals surface area (Å²) in [4.78, 5) is 40.7. The van der Waals surface area contributed by atoms with E-state index in [-0.39, 0.29) is 11.7 Å². The van der Waals surface area contributed by atoms with Crippen LogP contribution in [-0.2, 0) is 9.59 Å². The topological polar surface area (TPSA) is 98.0 Å². The molecule has 0 radical (unpaired) electrons. The SMILES string of the molecule is CCC[C@@H](NC(=O)C1(C)CSC(C(C)=O)=N1)c1cc(OCC2CC2)cc(=O)o1. The van der Waals surface area contributed by atoms with E-state index in [2.05, 4.69) is 10.3 Å². The van der Waals surface area contributed by atoms with Gasteiger partial charge in [0.25, 0.3) is 0 Å². The first kappa shape index (κ1) is 20.6. The number of hydrogen-bond acceptors (Lipinski definition) is 7. The highest BCUT2D eigenvalue weighted by Crippen LogP contribution is 2.31. The summed E-state index contributed by atoms with van der Waals surface area (Å²) in [6.45, 7) is 5.73. The van der Waals surface area contributed by atoms with E-state index in [1.54, 1.807) is 13.0 Å². The van der Waals surface area contributed by atoms with E-state index >= 15 is 0 Å². The van der Waals surface area contributed by atoms with Crippen LogP contribution in [0.5, 0.6) is 5.75 Å². The third-order valence-electron chi connectivity index (χ3n) is 4.80. The van der Waals surface area contributed by atoms with Crippen LogP contribution in [0, 0.1) is 5.92 Å². The third kappa shape index (κ3) is 5.04. The lowest BCUT2D eigenvalue weighted by Gasteiger charge is -2.24. The molecule has 1 fully saturated rings. The number of amides is 1. The largest absolute Gasteiger partial charge is 0.493 e. The van der Waals surface area contributed by atoms with Crippen molar-refractivity contribution in [3.05, 3.63) is 28.3 Å². The Hall–Kier alpha value is -2.09. The van der Waals surface area contributed by atoms with Gasteiger partial charge < -0.3 is 14.5 Å². The van der Waals surface area contributed by atoms with Gasteiger partial charge in [0.05, 0.1) is 18.7 Å². The normalized spacial score (nSPS) is 22.5. The fraction of sp³-hybridized carbons (Fsp3) is 0.600. The van der Waals surface area contributed by atoms with Crippen LogP contribution in [0.2, 0.25) is 0 Å². The van der Waals surface area contributed by atoms with Crippen molar-refractivity contribution in [1.82, 2.24) is 5.32 Å². The Morgan fingerprint density at radius 1 is 1.43 bits per heavy atom. The summed E-state index contributed by atoms with van der Waals surface area (Å²) in [5.41, 5.74) is -1.52. The molecule has 1 aromatic rings. The number of carbonyl (C=O) groups is 2. The fourth-order valence-corrected chi connectivity index (χ4v) is 3.99. The van der Waals surface area contributed by atoms with Crippen molar-refractivity contribution < 1.29 is 18.7 Å². The number of ether oxygens (including phenoxy) is 1. The van der Waals surface area contributed by atoms with Gasteiger partial charge in [0.1, 0.15) is 22.1 Å². The maximum atomic E-state index is 12.9. The van der Waals surface area contributed by atoms with Gasteiger partial charge in [-0.3, -0.25) is 14.6 Å². The van der Waals surface area contributed by atoms with Crippen LogP contribution in [0.25, 0.3) is 0 Å². The second-order valence-corrected chi connectivity index (χ2v) is 8.58. The van der Waals surface area contributed by atoms with Crippen molar-refractivity contribution in [3.63, 3.8) is 0 Å². The van der Waals surface area contributed by atoms with E-state index < -0.39 is 17.2 Å². The molecular weight excluding hydrogens is 380 g/mol. The van der Waals surface area contributed by atoms with Crippen molar-refractivity contribution in [2.75, 3.05) is 12.4 Å². The van der Waals surface area contributed by atoms with E-state index in [0.717, 1.165) is 19.3 Å². The zero-order valence-corrected chi connectivity index (χ0v) is 17.3.